The van der Waals surface area contributed by atoms with Crippen molar-refractivity contribution in [3.05, 3.63) is 101 Å². The normalized spacial score (nSPS) is 20.1. The number of carbonyl (C=O) groups excluding carboxylic acids is 1. The quantitative estimate of drug-likeness (QED) is 0.420. The number of carbonyl (C=O) groups is 1. The lowest BCUT2D eigenvalue weighted by Crippen LogP contribution is -2.41. The maximum absolute atomic E-state index is 11.5. The van der Waals surface area contributed by atoms with Crippen LogP contribution in [-0.2, 0) is 13.1 Å². The molecule has 0 spiro atoms. The van der Waals surface area contributed by atoms with E-state index < -0.39 is 5.91 Å². The van der Waals surface area contributed by atoms with Crippen molar-refractivity contribution in [3.8, 4) is 5.75 Å². The van der Waals surface area contributed by atoms with Crippen LogP contribution >= 0.6 is 0 Å². The molecule has 1 amide bonds. The van der Waals surface area contributed by atoms with Gasteiger partial charge in [0, 0.05) is 31.1 Å². The zero-order valence-corrected chi connectivity index (χ0v) is 20.0. The van der Waals surface area contributed by atoms with E-state index >= 15 is 0 Å². The molecular formula is C28H32N4O3. The third kappa shape index (κ3) is 5.26. The van der Waals surface area contributed by atoms with E-state index in [1.165, 1.54) is 16.7 Å². The van der Waals surface area contributed by atoms with E-state index in [1.807, 2.05) is 18.2 Å². The molecule has 3 aliphatic heterocycles. The standard InChI is InChI=1S/C28H32N4O3/c1-35-26-4-2-3-21(15-26)18-31-12-9-22(10-13-31)25-16-24-11-14-32(27(24)29-17-25)19-20-5-7-23(8-6-20)28(33)30-34/h2-8,11,14-17,22,27,29,34H,9-10,12-13,18-19H2,1H3,(H,30,33). The minimum atomic E-state index is -0.499. The Labute approximate surface area is 206 Å². The number of amides is 1. The Morgan fingerprint density at radius 3 is 2.63 bits per heavy atom. The monoisotopic (exact) mass is 472 g/mol. The minimum absolute atomic E-state index is 0.132. The Balaban J connectivity index is 1.14. The molecule has 182 valence electrons. The van der Waals surface area contributed by atoms with Crippen LogP contribution in [0.25, 0.3) is 0 Å². The summed E-state index contributed by atoms with van der Waals surface area (Å²) in [5.74, 6) is 0.993. The lowest BCUT2D eigenvalue weighted by atomic mass is 9.87. The molecule has 1 atom stereocenters. The zero-order chi connectivity index (χ0) is 24.2. The molecule has 35 heavy (non-hydrogen) atoms. The molecule has 2 aromatic rings. The number of hydroxylamine groups is 1. The van der Waals surface area contributed by atoms with Crippen molar-refractivity contribution in [3.63, 3.8) is 0 Å². The number of rotatable bonds is 7. The van der Waals surface area contributed by atoms with Gasteiger partial charge in [0.2, 0.25) is 0 Å². The highest BCUT2D eigenvalue weighted by molar-refractivity contribution is 5.93. The van der Waals surface area contributed by atoms with Crippen LogP contribution in [0.4, 0.5) is 0 Å². The van der Waals surface area contributed by atoms with E-state index in [2.05, 4.69) is 57.9 Å². The molecule has 7 heteroatoms. The van der Waals surface area contributed by atoms with Gasteiger partial charge in [-0.25, -0.2) is 5.48 Å². The summed E-state index contributed by atoms with van der Waals surface area (Å²) < 4.78 is 5.36. The highest BCUT2D eigenvalue weighted by atomic mass is 16.5. The number of hydrogen-bond acceptors (Lipinski definition) is 6. The number of likely N-dealkylation sites (tertiary alicyclic amines) is 1. The molecule has 0 radical (unpaired) electrons. The summed E-state index contributed by atoms with van der Waals surface area (Å²) in [7, 11) is 1.71. The van der Waals surface area contributed by atoms with E-state index in [0.717, 1.165) is 50.3 Å². The molecule has 0 bridgehead atoms. The van der Waals surface area contributed by atoms with Crippen molar-refractivity contribution in [1.82, 2.24) is 20.6 Å². The number of allylic oxidation sites excluding steroid dienone is 2. The van der Waals surface area contributed by atoms with Gasteiger partial charge in [-0.1, -0.05) is 30.3 Å². The molecule has 0 aliphatic carbocycles. The van der Waals surface area contributed by atoms with Gasteiger partial charge in [-0.2, -0.15) is 0 Å². The molecule has 1 fully saturated rings. The fourth-order valence-electron chi connectivity index (χ4n) is 5.15. The first-order chi connectivity index (χ1) is 17.1. The van der Waals surface area contributed by atoms with Gasteiger partial charge in [0.15, 0.2) is 0 Å². The van der Waals surface area contributed by atoms with E-state index in [-0.39, 0.29) is 6.17 Å². The first-order valence-corrected chi connectivity index (χ1v) is 12.1. The van der Waals surface area contributed by atoms with Crippen molar-refractivity contribution in [2.75, 3.05) is 20.2 Å². The van der Waals surface area contributed by atoms with Crippen molar-refractivity contribution < 1.29 is 14.7 Å². The van der Waals surface area contributed by atoms with Crippen LogP contribution in [0.3, 0.4) is 0 Å². The number of nitrogens with one attached hydrogen (secondary N) is 2. The van der Waals surface area contributed by atoms with Crippen molar-refractivity contribution in [2.45, 2.75) is 32.1 Å². The van der Waals surface area contributed by atoms with Gasteiger partial charge in [0.1, 0.15) is 11.9 Å². The zero-order valence-electron chi connectivity index (χ0n) is 20.0. The summed E-state index contributed by atoms with van der Waals surface area (Å²) in [5, 5.41) is 12.4. The SMILES string of the molecule is COc1cccc(CN2CCC(C3=CNC4C(=C3)C=CN4Cc3ccc(C(=O)NO)cc3)CC2)c1. The molecule has 5 rings (SSSR count). The molecule has 3 aliphatic rings. The maximum Gasteiger partial charge on any atom is 0.274 e. The Bertz CT molecular complexity index is 1150. The maximum atomic E-state index is 11.5. The number of nitrogens with zero attached hydrogens (tertiary/aromatic N) is 2. The number of hydrogen-bond donors (Lipinski definition) is 3. The average molecular weight is 473 g/mol. The van der Waals surface area contributed by atoms with Gasteiger partial charge in [-0.3, -0.25) is 14.9 Å². The smallest absolute Gasteiger partial charge is 0.274 e. The van der Waals surface area contributed by atoms with Crippen molar-refractivity contribution >= 4 is 5.91 Å². The fourth-order valence-corrected chi connectivity index (χ4v) is 5.15. The largest absolute Gasteiger partial charge is 0.497 e. The summed E-state index contributed by atoms with van der Waals surface area (Å²) in [4.78, 5) is 16.3. The molecule has 1 unspecified atom stereocenters. The highest BCUT2D eigenvalue weighted by Gasteiger charge is 2.29. The summed E-state index contributed by atoms with van der Waals surface area (Å²) in [5.41, 5.74) is 7.19. The van der Waals surface area contributed by atoms with E-state index in [4.69, 9.17) is 9.94 Å². The molecule has 3 heterocycles. The average Bonchev–Trinajstić information content (AvgIpc) is 3.31. The Morgan fingerprint density at radius 2 is 1.89 bits per heavy atom. The summed E-state index contributed by atoms with van der Waals surface area (Å²) >= 11 is 0. The number of benzene rings is 2. The van der Waals surface area contributed by atoms with Gasteiger partial charge in [-0.05, 0) is 84.5 Å². The molecule has 2 aromatic carbocycles. The first-order valence-electron chi connectivity index (χ1n) is 12.1. The van der Waals surface area contributed by atoms with Gasteiger partial charge >= 0.3 is 0 Å². The third-order valence-electron chi connectivity index (χ3n) is 7.13. The van der Waals surface area contributed by atoms with Gasteiger partial charge < -0.3 is 15.0 Å². The van der Waals surface area contributed by atoms with Crippen LogP contribution in [0.2, 0.25) is 0 Å². The molecule has 1 saturated heterocycles. The number of ether oxygens (including phenoxy) is 1. The van der Waals surface area contributed by atoms with Gasteiger partial charge in [0.25, 0.3) is 5.91 Å². The summed E-state index contributed by atoms with van der Waals surface area (Å²) in [6.45, 7) is 3.89. The Kier molecular flexibility index (Phi) is 6.88. The number of fused-ring (bicyclic) bond motifs is 1. The van der Waals surface area contributed by atoms with Crippen LogP contribution < -0.4 is 15.5 Å². The van der Waals surface area contributed by atoms with Crippen LogP contribution in [0, 0.1) is 5.92 Å². The lowest BCUT2D eigenvalue weighted by molar-refractivity contribution is 0.0706. The third-order valence-corrected chi connectivity index (χ3v) is 7.13. The predicted octanol–water partition coefficient (Wildman–Crippen LogP) is 3.80. The topological polar surface area (TPSA) is 77.1 Å². The summed E-state index contributed by atoms with van der Waals surface area (Å²) in [6, 6.07) is 15.6. The molecular weight excluding hydrogens is 440 g/mol. The van der Waals surface area contributed by atoms with Crippen LogP contribution in [0.1, 0.15) is 34.3 Å². The van der Waals surface area contributed by atoms with Crippen molar-refractivity contribution in [1.29, 1.82) is 0 Å². The van der Waals surface area contributed by atoms with Crippen LogP contribution in [0.15, 0.2) is 84.2 Å². The van der Waals surface area contributed by atoms with Gasteiger partial charge in [-0.15, -0.1) is 0 Å². The molecule has 3 N–H and O–H groups in total. The van der Waals surface area contributed by atoms with Crippen LogP contribution in [0.5, 0.6) is 5.75 Å². The highest BCUT2D eigenvalue weighted by Crippen LogP contribution is 2.32. The fraction of sp³-hybridized carbons (Fsp3) is 0.321. The predicted molar refractivity (Wildman–Crippen MR) is 134 cm³/mol. The second kappa shape index (κ2) is 10.4. The molecule has 0 aromatic heterocycles. The van der Waals surface area contributed by atoms with E-state index in [0.29, 0.717) is 11.5 Å². The van der Waals surface area contributed by atoms with Gasteiger partial charge in [0.05, 0.1) is 7.11 Å². The number of piperidine rings is 1. The lowest BCUT2D eigenvalue weighted by Gasteiger charge is -2.35. The number of methoxy groups -OCH3 is 1. The first kappa shape index (κ1) is 23.2. The second-order valence-electron chi connectivity index (χ2n) is 9.39. The number of dihydropyridines is 1. The Morgan fingerprint density at radius 1 is 1.09 bits per heavy atom. The van der Waals surface area contributed by atoms with Crippen molar-refractivity contribution in [2.24, 2.45) is 5.92 Å². The molecule has 7 nitrogen and oxygen atoms in total. The molecule has 0 saturated carbocycles. The van der Waals surface area contributed by atoms with E-state index in [1.54, 1.807) is 24.7 Å². The second-order valence-corrected chi connectivity index (χ2v) is 9.39. The Hall–Kier alpha value is -3.55. The summed E-state index contributed by atoms with van der Waals surface area (Å²) in [6.07, 6.45) is 11.3. The van der Waals surface area contributed by atoms with Crippen LogP contribution in [-0.4, -0.2) is 47.3 Å². The van der Waals surface area contributed by atoms with E-state index in [9.17, 15) is 4.79 Å². The minimum Gasteiger partial charge on any atom is -0.497 e.